The Labute approximate surface area is 124 Å². The lowest BCUT2D eigenvalue weighted by molar-refractivity contribution is 0.0982. The normalized spacial score (nSPS) is 11.7. The maximum absolute atomic E-state index is 12.7. The number of rotatable bonds is 4. The van der Waals surface area contributed by atoms with Gasteiger partial charge in [0.2, 0.25) is 0 Å². The summed E-state index contributed by atoms with van der Waals surface area (Å²) in [5, 5.41) is 0.615. The molecule has 0 saturated carbocycles. The average molecular weight is 286 g/mol. The fourth-order valence-electron chi connectivity index (χ4n) is 1.96. The minimum atomic E-state index is -0.0967. The van der Waals surface area contributed by atoms with Gasteiger partial charge < -0.3 is 4.90 Å². The summed E-state index contributed by atoms with van der Waals surface area (Å²) >= 11 is 5.86. The number of anilines is 1. The van der Waals surface area contributed by atoms with Crippen molar-refractivity contribution in [2.75, 3.05) is 4.90 Å². The summed E-state index contributed by atoms with van der Waals surface area (Å²) in [5.41, 5.74) is 1.45. The summed E-state index contributed by atoms with van der Waals surface area (Å²) in [6.45, 7) is 5.72. The summed E-state index contributed by atoms with van der Waals surface area (Å²) in [5.74, 6) is -0.0692. The molecule has 20 heavy (non-hydrogen) atoms. The number of amides is 1. The lowest BCUT2D eigenvalue weighted by atomic mass is 10.1. The van der Waals surface area contributed by atoms with E-state index in [1.54, 1.807) is 35.2 Å². The van der Waals surface area contributed by atoms with Crippen LogP contribution in [0.5, 0.6) is 0 Å². The SMILES string of the molecule is C=CC(C)N(C(=O)c1ccc(Cl)cc1)c1ccccc1. The van der Waals surface area contributed by atoms with Crippen molar-refractivity contribution in [3.05, 3.63) is 77.8 Å². The Morgan fingerprint density at radius 2 is 1.75 bits per heavy atom. The van der Waals surface area contributed by atoms with Crippen LogP contribution >= 0.6 is 11.6 Å². The van der Waals surface area contributed by atoms with Crippen molar-refractivity contribution in [1.29, 1.82) is 0 Å². The highest BCUT2D eigenvalue weighted by Crippen LogP contribution is 2.21. The number of nitrogens with zero attached hydrogens (tertiary/aromatic N) is 1. The quantitative estimate of drug-likeness (QED) is 0.754. The van der Waals surface area contributed by atoms with Gasteiger partial charge >= 0.3 is 0 Å². The molecule has 0 aliphatic carbocycles. The summed E-state index contributed by atoms with van der Waals surface area (Å²) in [7, 11) is 0. The number of para-hydroxylation sites is 1. The zero-order chi connectivity index (χ0) is 14.5. The van der Waals surface area contributed by atoms with Crippen LogP contribution in [0.1, 0.15) is 17.3 Å². The molecule has 1 atom stereocenters. The van der Waals surface area contributed by atoms with Crippen LogP contribution in [0.2, 0.25) is 5.02 Å². The van der Waals surface area contributed by atoms with Crippen LogP contribution in [0.25, 0.3) is 0 Å². The van der Waals surface area contributed by atoms with Gasteiger partial charge in [-0.3, -0.25) is 4.79 Å². The Bertz CT molecular complexity index is 592. The second-order valence-electron chi connectivity index (χ2n) is 4.49. The highest BCUT2D eigenvalue weighted by molar-refractivity contribution is 6.30. The van der Waals surface area contributed by atoms with Gasteiger partial charge in [0.25, 0.3) is 5.91 Å². The predicted molar refractivity (Wildman–Crippen MR) is 84.4 cm³/mol. The Kier molecular flexibility index (Phi) is 4.59. The molecule has 2 aromatic carbocycles. The lowest BCUT2D eigenvalue weighted by Gasteiger charge is -2.27. The van der Waals surface area contributed by atoms with Crippen molar-refractivity contribution in [2.45, 2.75) is 13.0 Å². The summed E-state index contributed by atoms with van der Waals surface area (Å²) in [6.07, 6.45) is 1.75. The van der Waals surface area contributed by atoms with Gasteiger partial charge in [-0.1, -0.05) is 35.9 Å². The molecule has 102 valence electrons. The Morgan fingerprint density at radius 3 is 2.30 bits per heavy atom. The van der Waals surface area contributed by atoms with Crippen LogP contribution in [-0.2, 0) is 0 Å². The molecule has 0 aliphatic rings. The van der Waals surface area contributed by atoms with E-state index < -0.39 is 0 Å². The molecule has 0 radical (unpaired) electrons. The van der Waals surface area contributed by atoms with Crippen LogP contribution in [0.4, 0.5) is 5.69 Å². The molecule has 3 heteroatoms. The topological polar surface area (TPSA) is 20.3 Å². The third-order valence-electron chi connectivity index (χ3n) is 3.09. The highest BCUT2D eigenvalue weighted by atomic mass is 35.5. The lowest BCUT2D eigenvalue weighted by Crippen LogP contribution is -2.37. The molecule has 2 rings (SSSR count). The molecule has 0 N–H and O–H groups in total. The van der Waals surface area contributed by atoms with Gasteiger partial charge in [0.15, 0.2) is 0 Å². The fraction of sp³-hybridized carbons (Fsp3) is 0.118. The Balaban J connectivity index is 2.39. The fourth-order valence-corrected chi connectivity index (χ4v) is 2.09. The average Bonchev–Trinajstić information content (AvgIpc) is 2.49. The largest absolute Gasteiger partial charge is 0.302 e. The Hall–Kier alpha value is -2.06. The first-order chi connectivity index (χ1) is 9.63. The summed E-state index contributed by atoms with van der Waals surface area (Å²) in [4.78, 5) is 14.4. The third-order valence-corrected chi connectivity index (χ3v) is 3.34. The molecule has 1 unspecified atom stereocenters. The highest BCUT2D eigenvalue weighted by Gasteiger charge is 2.21. The van der Waals surface area contributed by atoms with Crippen molar-refractivity contribution < 1.29 is 4.79 Å². The molecule has 0 aliphatic heterocycles. The number of hydrogen-bond donors (Lipinski definition) is 0. The second kappa shape index (κ2) is 6.40. The van der Waals surface area contributed by atoms with E-state index in [1.165, 1.54) is 0 Å². The van der Waals surface area contributed by atoms with E-state index in [0.717, 1.165) is 5.69 Å². The molecule has 0 fully saturated rings. The molecular weight excluding hydrogens is 270 g/mol. The molecule has 0 heterocycles. The van der Waals surface area contributed by atoms with Crippen molar-refractivity contribution in [3.8, 4) is 0 Å². The molecular formula is C17H16ClNO. The molecule has 2 nitrogen and oxygen atoms in total. The smallest absolute Gasteiger partial charge is 0.258 e. The minimum Gasteiger partial charge on any atom is -0.302 e. The maximum atomic E-state index is 12.7. The Morgan fingerprint density at radius 1 is 1.15 bits per heavy atom. The van der Waals surface area contributed by atoms with Crippen molar-refractivity contribution in [2.24, 2.45) is 0 Å². The monoisotopic (exact) mass is 285 g/mol. The molecule has 2 aromatic rings. The van der Waals surface area contributed by atoms with Gasteiger partial charge in [-0.05, 0) is 43.3 Å². The van der Waals surface area contributed by atoms with Gasteiger partial charge in [0.1, 0.15) is 0 Å². The second-order valence-corrected chi connectivity index (χ2v) is 4.93. The summed E-state index contributed by atoms with van der Waals surface area (Å²) < 4.78 is 0. The zero-order valence-corrected chi connectivity index (χ0v) is 12.0. The molecule has 0 aromatic heterocycles. The van der Waals surface area contributed by atoms with Gasteiger partial charge in [-0.15, -0.1) is 6.58 Å². The molecule has 0 saturated heterocycles. The van der Waals surface area contributed by atoms with Gasteiger partial charge in [-0.25, -0.2) is 0 Å². The number of benzene rings is 2. The first kappa shape index (κ1) is 14.4. The van der Waals surface area contributed by atoms with Gasteiger partial charge in [0, 0.05) is 16.3 Å². The van der Waals surface area contributed by atoms with E-state index >= 15 is 0 Å². The van der Waals surface area contributed by atoms with E-state index in [2.05, 4.69) is 6.58 Å². The van der Waals surface area contributed by atoms with Crippen molar-refractivity contribution in [3.63, 3.8) is 0 Å². The van der Waals surface area contributed by atoms with E-state index in [0.29, 0.717) is 10.6 Å². The van der Waals surface area contributed by atoms with Gasteiger partial charge in [0.05, 0.1) is 6.04 Å². The van der Waals surface area contributed by atoms with Gasteiger partial charge in [-0.2, -0.15) is 0 Å². The molecule has 0 spiro atoms. The van der Waals surface area contributed by atoms with Crippen LogP contribution < -0.4 is 4.90 Å². The minimum absolute atomic E-state index is 0.0692. The van der Waals surface area contributed by atoms with Crippen molar-refractivity contribution >= 4 is 23.2 Å². The number of carbonyl (C=O) groups excluding carboxylic acids is 1. The van der Waals surface area contributed by atoms with E-state index in [1.807, 2.05) is 37.3 Å². The van der Waals surface area contributed by atoms with Crippen LogP contribution in [0.3, 0.4) is 0 Å². The van der Waals surface area contributed by atoms with Crippen molar-refractivity contribution in [1.82, 2.24) is 0 Å². The number of hydrogen-bond acceptors (Lipinski definition) is 1. The van der Waals surface area contributed by atoms with E-state index in [9.17, 15) is 4.79 Å². The number of halogens is 1. The summed E-state index contributed by atoms with van der Waals surface area (Å²) in [6, 6.07) is 16.4. The van der Waals surface area contributed by atoms with E-state index in [-0.39, 0.29) is 11.9 Å². The van der Waals surface area contributed by atoms with Crippen LogP contribution in [0.15, 0.2) is 67.3 Å². The number of carbonyl (C=O) groups is 1. The first-order valence-corrected chi connectivity index (χ1v) is 6.78. The maximum Gasteiger partial charge on any atom is 0.258 e. The first-order valence-electron chi connectivity index (χ1n) is 6.40. The molecule has 1 amide bonds. The van der Waals surface area contributed by atoms with Crippen LogP contribution in [0, 0.1) is 0 Å². The van der Waals surface area contributed by atoms with Crippen LogP contribution in [-0.4, -0.2) is 11.9 Å². The third kappa shape index (κ3) is 3.09. The zero-order valence-electron chi connectivity index (χ0n) is 11.3. The standard InChI is InChI=1S/C17H16ClNO/c1-3-13(2)19(16-7-5-4-6-8-16)17(20)14-9-11-15(18)12-10-14/h3-13H,1H2,2H3. The van der Waals surface area contributed by atoms with E-state index in [4.69, 9.17) is 11.6 Å². The predicted octanol–water partition coefficient (Wildman–Crippen LogP) is 4.56. The molecule has 0 bridgehead atoms.